The molecule has 2 fully saturated rings. The summed E-state index contributed by atoms with van der Waals surface area (Å²) in [7, 11) is 0. The van der Waals surface area contributed by atoms with E-state index in [0.717, 1.165) is 36.9 Å². The van der Waals surface area contributed by atoms with E-state index in [2.05, 4.69) is 28.1 Å². The van der Waals surface area contributed by atoms with Gasteiger partial charge in [0.2, 0.25) is 0 Å². The number of aromatic nitrogens is 2. The van der Waals surface area contributed by atoms with Gasteiger partial charge in [-0.1, -0.05) is 19.8 Å². The fourth-order valence-corrected chi connectivity index (χ4v) is 2.94. The zero-order chi connectivity index (χ0) is 13.9. The molecule has 2 atom stereocenters. The first-order chi connectivity index (χ1) is 9.76. The lowest BCUT2D eigenvalue weighted by atomic mass is 10.1. The SMILES string of the molecule is CCCC[C@@H]1CN(c2ccc(C)nn2)C[C@H](C2CC2)O1. The van der Waals surface area contributed by atoms with Crippen molar-refractivity contribution in [2.75, 3.05) is 18.0 Å². The Morgan fingerprint density at radius 2 is 2.10 bits per heavy atom. The summed E-state index contributed by atoms with van der Waals surface area (Å²) >= 11 is 0. The molecule has 0 aromatic carbocycles. The van der Waals surface area contributed by atoms with Gasteiger partial charge in [0.15, 0.2) is 5.82 Å². The van der Waals surface area contributed by atoms with Crippen molar-refractivity contribution < 1.29 is 4.74 Å². The number of nitrogens with zero attached hydrogens (tertiary/aromatic N) is 3. The van der Waals surface area contributed by atoms with E-state index >= 15 is 0 Å². The van der Waals surface area contributed by atoms with Crippen LogP contribution < -0.4 is 4.90 Å². The summed E-state index contributed by atoms with van der Waals surface area (Å²) in [5, 5.41) is 8.55. The minimum absolute atomic E-state index is 0.359. The quantitative estimate of drug-likeness (QED) is 0.828. The van der Waals surface area contributed by atoms with Crippen molar-refractivity contribution in [3.05, 3.63) is 17.8 Å². The van der Waals surface area contributed by atoms with Crippen LogP contribution in [0.15, 0.2) is 12.1 Å². The normalized spacial score (nSPS) is 26.8. The molecule has 4 heteroatoms. The first-order valence-electron chi connectivity index (χ1n) is 7.97. The van der Waals surface area contributed by atoms with Crippen molar-refractivity contribution in [1.29, 1.82) is 0 Å². The third-order valence-corrected chi connectivity index (χ3v) is 4.33. The minimum Gasteiger partial charge on any atom is -0.371 e. The van der Waals surface area contributed by atoms with Gasteiger partial charge in [0, 0.05) is 13.1 Å². The highest BCUT2D eigenvalue weighted by Gasteiger charge is 2.38. The number of hydrogen-bond acceptors (Lipinski definition) is 4. The lowest BCUT2D eigenvalue weighted by molar-refractivity contribution is -0.0412. The molecule has 20 heavy (non-hydrogen) atoms. The number of anilines is 1. The molecule has 0 amide bonds. The van der Waals surface area contributed by atoms with E-state index in [0.29, 0.717) is 12.2 Å². The molecule has 0 bridgehead atoms. The Kier molecular flexibility index (Phi) is 4.20. The fraction of sp³-hybridized carbons (Fsp3) is 0.750. The Bertz CT molecular complexity index is 430. The zero-order valence-corrected chi connectivity index (χ0v) is 12.6. The molecule has 0 N–H and O–H groups in total. The lowest BCUT2D eigenvalue weighted by Crippen LogP contribution is -2.49. The van der Waals surface area contributed by atoms with Crippen molar-refractivity contribution >= 4 is 5.82 Å². The summed E-state index contributed by atoms with van der Waals surface area (Å²) in [5.41, 5.74) is 0.975. The number of rotatable bonds is 5. The highest BCUT2D eigenvalue weighted by atomic mass is 16.5. The lowest BCUT2D eigenvalue weighted by Gasteiger charge is -2.39. The number of ether oxygens (including phenoxy) is 1. The molecule has 2 aliphatic rings. The number of aryl methyl sites for hydroxylation is 1. The third-order valence-electron chi connectivity index (χ3n) is 4.33. The second-order valence-electron chi connectivity index (χ2n) is 6.21. The van der Waals surface area contributed by atoms with Crippen LogP contribution in [0, 0.1) is 12.8 Å². The molecule has 0 spiro atoms. The van der Waals surface area contributed by atoms with E-state index in [-0.39, 0.29) is 0 Å². The Morgan fingerprint density at radius 3 is 2.75 bits per heavy atom. The smallest absolute Gasteiger partial charge is 0.151 e. The first kappa shape index (κ1) is 13.8. The van der Waals surface area contributed by atoms with Crippen LogP contribution in [0.3, 0.4) is 0 Å². The van der Waals surface area contributed by atoms with Gasteiger partial charge >= 0.3 is 0 Å². The molecule has 1 saturated carbocycles. The van der Waals surface area contributed by atoms with Crippen molar-refractivity contribution in [2.45, 2.75) is 58.2 Å². The van der Waals surface area contributed by atoms with Gasteiger partial charge in [-0.05, 0) is 44.2 Å². The Balaban J connectivity index is 1.69. The van der Waals surface area contributed by atoms with Crippen LogP contribution in [0.25, 0.3) is 0 Å². The summed E-state index contributed by atoms with van der Waals surface area (Å²) < 4.78 is 6.30. The van der Waals surface area contributed by atoms with Gasteiger partial charge in [0.05, 0.1) is 17.9 Å². The molecule has 1 aromatic rings. The highest BCUT2D eigenvalue weighted by molar-refractivity contribution is 5.38. The van der Waals surface area contributed by atoms with Crippen LogP contribution in [-0.2, 0) is 4.74 Å². The maximum Gasteiger partial charge on any atom is 0.151 e. The summed E-state index contributed by atoms with van der Waals surface area (Å²) in [5.74, 6) is 1.78. The van der Waals surface area contributed by atoms with Crippen LogP contribution in [-0.4, -0.2) is 35.5 Å². The maximum atomic E-state index is 6.30. The molecule has 0 radical (unpaired) electrons. The molecule has 1 aliphatic carbocycles. The van der Waals surface area contributed by atoms with E-state index in [1.807, 2.05) is 13.0 Å². The first-order valence-corrected chi connectivity index (χ1v) is 7.97. The van der Waals surface area contributed by atoms with Crippen molar-refractivity contribution in [2.24, 2.45) is 5.92 Å². The molecular formula is C16H25N3O. The molecule has 1 saturated heterocycles. The van der Waals surface area contributed by atoms with Crippen molar-refractivity contribution in [3.8, 4) is 0 Å². The second kappa shape index (κ2) is 6.08. The van der Waals surface area contributed by atoms with Gasteiger partial charge in [-0.15, -0.1) is 5.10 Å². The molecule has 4 nitrogen and oxygen atoms in total. The van der Waals surface area contributed by atoms with E-state index in [1.54, 1.807) is 0 Å². The number of hydrogen-bond donors (Lipinski definition) is 0. The monoisotopic (exact) mass is 275 g/mol. The third kappa shape index (κ3) is 3.29. The van der Waals surface area contributed by atoms with Gasteiger partial charge in [-0.3, -0.25) is 0 Å². The number of morpholine rings is 1. The molecule has 2 heterocycles. The van der Waals surface area contributed by atoms with Gasteiger partial charge in [-0.2, -0.15) is 5.10 Å². The van der Waals surface area contributed by atoms with Gasteiger partial charge in [0.1, 0.15) is 0 Å². The van der Waals surface area contributed by atoms with Crippen LogP contribution in [0.4, 0.5) is 5.82 Å². The van der Waals surface area contributed by atoms with Crippen LogP contribution in [0.5, 0.6) is 0 Å². The fourth-order valence-electron chi connectivity index (χ4n) is 2.94. The van der Waals surface area contributed by atoms with Crippen LogP contribution >= 0.6 is 0 Å². The zero-order valence-electron chi connectivity index (χ0n) is 12.6. The average Bonchev–Trinajstić information content (AvgIpc) is 3.30. The standard InChI is InChI=1S/C16H25N3O/c1-3-4-5-14-10-19(11-15(20-14)13-7-8-13)16-9-6-12(2)17-18-16/h6,9,13-15H,3-5,7-8,10-11H2,1-2H3/t14-,15-/m1/s1. The van der Waals surface area contributed by atoms with E-state index in [4.69, 9.17) is 4.74 Å². The summed E-state index contributed by atoms with van der Waals surface area (Å²) in [6, 6.07) is 4.14. The summed E-state index contributed by atoms with van der Waals surface area (Å²) in [4.78, 5) is 2.37. The summed E-state index contributed by atoms with van der Waals surface area (Å²) in [6.07, 6.45) is 7.06. The molecule has 1 aliphatic heterocycles. The van der Waals surface area contributed by atoms with E-state index < -0.39 is 0 Å². The largest absolute Gasteiger partial charge is 0.371 e. The van der Waals surface area contributed by atoms with Crippen LogP contribution in [0.1, 0.15) is 44.7 Å². The topological polar surface area (TPSA) is 38.2 Å². The summed E-state index contributed by atoms with van der Waals surface area (Å²) in [6.45, 7) is 6.16. The highest BCUT2D eigenvalue weighted by Crippen LogP contribution is 2.37. The van der Waals surface area contributed by atoms with Gasteiger partial charge < -0.3 is 9.64 Å². The Hall–Kier alpha value is -1.16. The maximum absolute atomic E-state index is 6.30. The molecular weight excluding hydrogens is 250 g/mol. The van der Waals surface area contributed by atoms with Crippen LogP contribution in [0.2, 0.25) is 0 Å². The average molecular weight is 275 g/mol. The van der Waals surface area contributed by atoms with E-state index in [1.165, 1.54) is 25.7 Å². The molecule has 1 aromatic heterocycles. The second-order valence-corrected chi connectivity index (χ2v) is 6.21. The predicted molar refractivity (Wildman–Crippen MR) is 79.9 cm³/mol. The minimum atomic E-state index is 0.359. The Labute approximate surface area is 121 Å². The predicted octanol–water partition coefficient (Wildman–Crippen LogP) is 2.96. The van der Waals surface area contributed by atoms with Crippen molar-refractivity contribution in [3.63, 3.8) is 0 Å². The molecule has 3 rings (SSSR count). The van der Waals surface area contributed by atoms with Crippen molar-refractivity contribution in [1.82, 2.24) is 10.2 Å². The molecule has 110 valence electrons. The number of unbranched alkanes of at least 4 members (excludes halogenated alkanes) is 1. The van der Waals surface area contributed by atoms with Gasteiger partial charge in [-0.25, -0.2) is 0 Å². The van der Waals surface area contributed by atoms with E-state index in [9.17, 15) is 0 Å². The molecule has 0 unspecified atom stereocenters. The Morgan fingerprint density at radius 1 is 1.25 bits per heavy atom. The van der Waals surface area contributed by atoms with Gasteiger partial charge in [0.25, 0.3) is 0 Å².